The zero-order chi connectivity index (χ0) is 24.6. The second-order valence-electron chi connectivity index (χ2n) is 9.04. The first kappa shape index (κ1) is 24.3. The first-order valence-electron chi connectivity index (χ1n) is 12.5. The highest BCUT2D eigenvalue weighted by Gasteiger charge is 2.15. The Kier molecular flexibility index (Phi) is 8.00. The fourth-order valence-corrected chi connectivity index (χ4v) is 4.53. The third-order valence-corrected chi connectivity index (χ3v) is 6.41. The minimum atomic E-state index is 0.897. The maximum absolute atomic E-state index is 3.99. The van der Waals surface area contributed by atoms with Crippen LogP contribution in [0.5, 0.6) is 0 Å². The summed E-state index contributed by atoms with van der Waals surface area (Å²) >= 11 is 0. The molecule has 0 aliphatic heterocycles. The van der Waals surface area contributed by atoms with E-state index in [2.05, 4.69) is 135 Å². The number of hydrogen-bond acceptors (Lipinski definition) is 0. The van der Waals surface area contributed by atoms with Crippen molar-refractivity contribution in [3.05, 3.63) is 132 Å². The lowest BCUT2D eigenvalue weighted by Gasteiger charge is -2.10. The number of fused-ring (bicyclic) bond motifs is 1. The molecular weight excluding hydrogens is 422 g/mol. The second-order valence-corrected chi connectivity index (χ2v) is 9.04. The second kappa shape index (κ2) is 11.5. The van der Waals surface area contributed by atoms with Crippen molar-refractivity contribution in [1.29, 1.82) is 0 Å². The van der Waals surface area contributed by atoms with Crippen LogP contribution in [0, 0.1) is 13.8 Å². The van der Waals surface area contributed by atoms with E-state index in [1.54, 1.807) is 0 Å². The number of hydrogen-bond donors (Lipinski definition) is 0. The summed E-state index contributed by atoms with van der Waals surface area (Å²) in [4.78, 5) is 0. The van der Waals surface area contributed by atoms with E-state index in [0.29, 0.717) is 0 Å². The van der Waals surface area contributed by atoms with Gasteiger partial charge in [0, 0.05) is 22.3 Å². The first-order chi connectivity index (χ1) is 17.1. The molecule has 0 fully saturated rings. The van der Waals surface area contributed by atoms with E-state index in [1.165, 1.54) is 44.4 Å². The van der Waals surface area contributed by atoms with E-state index in [4.69, 9.17) is 0 Å². The van der Waals surface area contributed by atoms with Gasteiger partial charge in [-0.15, -0.1) is 0 Å². The lowest BCUT2D eigenvalue weighted by atomic mass is 10.0. The summed E-state index contributed by atoms with van der Waals surface area (Å²) in [5, 5.41) is 1.28. The van der Waals surface area contributed by atoms with Crippen molar-refractivity contribution in [2.45, 2.75) is 40.0 Å². The first-order valence-corrected chi connectivity index (χ1v) is 12.5. The number of rotatable bonds is 9. The van der Waals surface area contributed by atoms with Gasteiger partial charge in [0.2, 0.25) is 0 Å². The summed E-state index contributed by atoms with van der Waals surface area (Å²) in [6, 6.07) is 26.2. The Bertz CT molecular complexity index is 1380. The van der Waals surface area contributed by atoms with Gasteiger partial charge in [-0.2, -0.15) is 0 Å². The summed E-state index contributed by atoms with van der Waals surface area (Å²) in [5.74, 6) is 0. The van der Waals surface area contributed by atoms with Crippen LogP contribution in [0.25, 0.3) is 33.8 Å². The minimum absolute atomic E-state index is 0.897. The van der Waals surface area contributed by atoms with E-state index >= 15 is 0 Å². The number of nitrogens with zero attached hydrogens (tertiary/aromatic N) is 1. The molecule has 0 N–H and O–H groups in total. The van der Waals surface area contributed by atoms with Gasteiger partial charge in [-0.1, -0.05) is 110 Å². The van der Waals surface area contributed by atoms with Crippen molar-refractivity contribution in [1.82, 2.24) is 4.57 Å². The van der Waals surface area contributed by atoms with Gasteiger partial charge in [0.15, 0.2) is 0 Å². The largest absolute Gasteiger partial charge is 0.313 e. The monoisotopic (exact) mass is 457 g/mol. The molecule has 1 heteroatoms. The third kappa shape index (κ3) is 5.63. The molecule has 4 rings (SSSR count). The summed E-state index contributed by atoms with van der Waals surface area (Å²) in [7, 11) is 0. The van der Waals surface area contributed by atoms with Crippen LogP contribution in [-0.2, 0) is 6.42 Å². The van der Waals surface area contributed by atoms with Crippen molar-refractivity contribution in [2.75, 3.05) is 0 Å². The molecule has 0 amide bonds. The average molecular weight is 458 g/mol. The maximum Gasteiger partial charge on any atom is 0.0538 e. The zero-order valence-corrected chi connectivity index (χ0v) is 21.2. The molecule has 0 radical (unpaired) electrons. The lowest BCUT2D eigenvalue weighted by molar-refractivity contribution is 0.962. The van der Waals surface area contributed by atoms with Crippen LogP contribution in [0.4, 0.5) is 0 Å². The summed E-state index contributed by atoms with van der Waals surface area (Å²) in [6.45, 7) is 10.6. The van der Waals surface area contributed by atoms with Gasteiger partial charge in [0.1, 0.15) is 0 Å². The molecule has 0 aliphatic carbocycles. The molecule has 1 heterocycles. The van der Waals surface area contributed by atoms with Crippen LogP contribution >= 0.6 is 0 Å². The van der Waals surface area contributed by atoms with Crippen molar-refractivity contribution < 1.29 is 0 Å². The topological polar surface area (TPSA) is 4.93 Å². The minimum Gasteiger partial charge on any atom is -0.313 e. The van der Waals surface area contributed by atoms with Crippen molar-refractivity contribution in [3.63, 3.8) is 0 Å². The van der Waals surface area contributed by atoms with Gasteiger partial charge in [-0.05, 0) is 67.7 Å². The standard InChI is InChI=1S/C34H35N/c1-5-7-9-18-32-27(4)35(31(13-6-2)17-12-16-28-14-10-8-11-15-28)34-24-23-30(25-33(32)34)29-21-19-26(3)20-22-29/h6,8-15,17-25H,2,5,7,16H2,1,3-4H3/b17-12-,18-9-,31-13+. The van der Waals surface area contributed by atoms with E-state index in [0.717, 1.165) is 25.0 Å². The molecule has 1 aromatic heterocycles. The molecule has 0 bridgehead atoms. The van der Waals surface area contributed by atoms with Crippen LogP contribution in [0.1, 0.15) is 42.1 Å². The number of aryl methyl sites for hydroxylation is 1. The molecule has 0 atom stereocenters. The number of unbranched alkanes of at least 4 members (excludes halogenated alkanes) is 1. The smallest absolute Gasteiger partial charge is 0.0538 e. The number of allylic oxidation sites excluding steroid dienone is 6. The summed E-state index contributed by atoms with van der Waals surface area (Å²) in [6.07, 6.45) is 16.2. The van der Waals surface area contributed by atoms with E-state index in [1.807, 2.05) is 6.08 Å². The molecule has 4 aromatic rings. The fourth-order valence-electron chi connectivity index (χ4n) is 4.53. The van der Waals surface area contributed by atoms with E-state index in [-0.39, 0.29) is 0 Å². The van der Waals surface area contributed by atoms with Gasteiger partial charge in [-0.3, -0.25) is 0 Å². The Hall–Kier alpha value is -3.84. The maximum atomic E-state index is 3.99. The molecule has 176 valence electrons. The molecular formula is C34H35N. The zero-order valence-electron chi connectivity index (χ0n) is 21.2. The number of benzene rings is 3. The van der Waals surface area contributed by atoms with E-state index < -0.39 is 0 Å². The van der Waals surface area contributed by atoms with Gasteiger partial charge in [0.25, 0.3) is 0 Å². The SMILES string of the molecule is C=C/C=C(\C=C/Cc1ccccc1)n1c(C)c(/C=C\CCC)c2cc(-c3ccc(C)cc3)ccc21. The number of aromatic nitrogens is 1. The molecule has 3 aromatic carbocycles. The Morgan fingerprint density at radius 1 is 0.886 bits per heavy atom. The average Bonchev–Trinajstić information content (AvgIpc) is 3.15. The summed E-state index contributed by atoms with van der Waals surface area (Å²) < 4.78 is 2.36. The highest BCUT2D eigenvalue weighted by molar-refractivity contribution is 5.97. The molecule has 0 saturated carbocycles. The Balaban J connectivity index is 1.82. The van der Waals surface area contributed by atoms with E-state index in [9.17, 15) is 0 Å². The third-order valence-electron chi connectivity index (χ3n) is 6.41. The lowest BCUT2D eigenvalue weighted by Crippen LogP contribution is -1.98. The molecule has 0 unspecified atom stereocenters. The normalized spacial score (nSPS) is 12.3. The van der Waals surface area contributed by atoms with Crippen molar-refractivity contribution >= 4 is 22.7 Å². The van der Waals surface area contributed by atoms with Gasteiger partial charge in [-0.25, -0.2) is 0 Å². The highest BCUT2D eigenvalue weighted by atomic mass is 15.0. The molecule has 0 aliphatic rings. The summed E-state index contributed by atoms with van der Waals surface area (Å²) in [5.41, 5.74) is 9.94. The Morgan fingerprint density at radius 2 is 1.63 bits per heavy atom. The molecule has 0 saturated heterocycles. The van der Waals surface area contributed by atoms with Crippen LogP contribution in [0.3, 0.4) is 0 Å². The highest BCUT2D eigenvalue weighted by Crippen LogP contribution is 2.34. The Morgan fingerprint density at radius 3 is 2.34 bits per heavy atom. The fraction of sp³-hybridized carbons (Fsp3) is 0.176. The van der Waals surface area contributed by atoms with Crippen LogP contribution in [0.2, 0.25) is 0 Å². The predicted octanol–water partition coefficient (Wildman–Crippen LogP) is 9.56. The molecule has 35 heavy (non-hydrogen) atoms. The quantitative estimate of drug-likeness (QED) is 0.220. The van der Waals surface area contributed by atoms with Crippen LogP contribution in [-0.4, -0.2) is 4.57 Å². The van der Waals surface area contributed by atoms with Crippen LogP contribution < -0.4 is 0 Å². The molecule has 0 spiro atoms. The predicted molar refractivity (Wildman–Crippen MR) is 155 cm³/mol. The van der Waals surface area contributed by atoms with Gasteiger partial charge in [0.05, 0.1) is 5.52 Å². The molecule has 1 nitrogen and oxygen atoms in total. The Labute approximate surface area is 210 Å². The van der Waals surface area contributed by atoms with Gasteiger partial charge >= 0.3 is 0 Å². The van der Waals surface area contributed by atoms with Crippen molar-refractivity contribution in [2.24, 2.45) is 0 Å². The van der Waals surface area contributed by atoms with Crippen LogP contribution in [0.15, 0.2) is 110 Å². The van der Waals surface area contributed by atoms with Gasteiger partial charge < -0.3 is 4.57 Å². The van der Waals surface area contributed by atoms with Crippen molar-refractivity contribution in [3.8, 4) is 11.1 Å².